The number of nitrogens with one attached hydrogen (secondary N) is 2. The van der Waals surface area contributed by atoms with Crippen LogP contribution in [-0.2, 0) is 0 Å². The number of hydrogen-bond donors (Lipinski definition) is 2. The Kier molecular flexibility index (Phi) is 8.24. The molecule has 26 heavy (non-hydrogen) atoms. The second kappa shape index (κ2) is 10.9. The molecule has 2 aliphatic heterocycles. The molecule has 1 aromatic rings. The first kappa shape index (κ1) is 19.6. The Balaban J connectivity index is 1.37. The number of guanidine groups is 1. The highest BCUT2D eigenvalue weighted by molar-refractivity contribution is 7.10. The average molecular weight is 378 g/mol. The molecule has 1 unspecified atom stereocenters. The van der Waals surface area contributed by atoms with E-state index in [0.29, 0.717) is 6.04 Å². The Morgan fingerprint density at radius 1 is 1.12 bits per heavy atom. The number of nitrogens with zero attached hydrogens (tertiary/aromatic N) is 3. The number of rotatable bonds is 9. The fourth-order valence-corrected chi connectivity index (χ4v) is 4.89. The summed E-state index contributed by atoms with van der Waals surface area (Å²) in [5, 5.41) is 9.24. The molecular weight excluding hydrogens is 342 g/mol. The first-order valence-corrected chi connectivity index (χ1v) is 11.2. The van der Waals surface area contributed by atoms with Gasteiger partial charge in [0.25, 0.3) is 0 Å². The Hall–Kier alpha value is -1.11. The number of likely N-dealkylation sites (tertiary alicyclic amines) is 2. The molecule has 0 radical (unpaired) electrons. The fourth-order valence-electron chi connectivity index (χ4n) is 4.03. The fraction of sp³-hybridized carbons (Fsp3) is 0.750. The van der Waals surface area contributed by atoms with Gasteiger partial charge in [0.2, 0.25) is 0 Å². The summed E-state index contributed by atoms with van der Waals surface area (Å²) in [7, 11) is 1.87. The van der Waals surface area contributed by atoms with E-state index in [2.05, 4.69) is 42.9 Å². The molecule has 0 aliphatic carbocycles. The Labute approximate surface area is 162 Å². The van der Waals surface area contributed by atoms with Crippen LogP contribution in [0.4, 0.5) is 0 Å². The van der Waals surface area contributed by atoms with Gasteiger partial charge in [-0.15, -0.1) is 11.3 Å². The standard InChI is InChI=1S/C20H35N5S/c1-21-20(22-10-2-3-11-24-12-4-5-13-24)23-17-18(19-9-8-16-26-19)25-14-6-7-15-25/h8-9,16,18H,2-7,10-15,17H2,1H3,(H2,21,22,23). The highest BCUT2D eigenvalue weighted by Crippen LogP contribution is 2.27. The normalized spacial score (nSPS) is 20.6. The molecule has 2 saturated heterocycles. The average Bonchev–Trinajstić information content (AvgIpc) is 3.43. The molecule has 3 heterocycles. The predicted molar refractivity (Wildman–Crippen MR) is 112 cm³/mol. The van der Waals surface area contributed by atoms with Gasteiger partial charge in [0.05, 0.1) is 6.04 Å². The third kappa shape index (κ3) is 5.96. The minimum Gasteiger partial charge on any atom is -0.356 e. The van der Waals surface area contributed by atoms with E-state index in [1.165, 1.54) is 76.1 Å². The van der Waals surface area contributed by atoms with E-state index in [0.717, 1.165) is 19.0 Å². The molecule has 0 aromatic carbocycles. The Morgan fingerprint density at radius 3 is 2.58 bits per heavy atom. The summed E-state index contributed by atoms with van der Waals surface area (Å²) in [6.45, 7) is 8.21. The molecule has 5 nitrogen and oxygen atoms in total. The minimum atomic E-state index is 0.464. The van der Waals surface area contributed by atoms with Gasteiger partial charge in [0.1, 0.15) is 0 Å². The van der Waals surface area contributed by atoms with Gasteiger partial charge in [-0.2, -0.15) is 0 Å². The summed E-state index contributed by atoms with van der Waals surface area (Å²) in [5.74, 6) is 0.937. The van der Waals surface area contributed by atoms with Gasteiger partial charge in [-0.3, -0.25) is 9.89 Å². The lowest BCUT2D eigenvalue weighted by Crippen LogP contribution is -2.42. The first-order valence-electron chi connectivity index (χ1n) is 10.3. The highest BCUT2D eigenvalue weighted by atomic mass is 32.1. The van der Waals surface area contributed by atoms with Crippen molar-refractivity contribution in [2.24, 2.45) is 4.99 Å². The van der Waals surface area contributed by atoms with E-state index in [9.17, 15) is 0 Å². The number of hydrogen-bond acceptors (Lipinski definition) is 4. The first-order chi connectivity index (χ1) is 12.9. The second-order valence-electron chi connectivity index (χ2n) is 7.41. The lowest BCUT2D eigenvalue weighted by molar-refractivity contribution is 0.249. The smallest absolute Gasteiger partial charge is 0.191 e. The molecule has 146 valence electrons. The lowest BCUT2D eigenvalue weighted by Gasteiger charge is -2.27. The van der Waals surface area contributed by atoms with E-state index in [1.54, 1.807) is 0 Å². The number of unbranched alkanes of at least 4 members (excludes halogenated alkanes) is 1. The van der Waals surface area contributed by atoms with Crippen LogP contribution in [-0.4, -0.2) is 68.6 Å². The summed E-state index contributed by atoms with van der Waals surface area (Å²) in [4.78, 5) is 11.1. The van der Waals surface area contributed by atoms with E-state index in [4.69, 9.17) is 0 Å². The van der Waals surface area contributed by atoms with Crippen molar-refractivity contribution in [2.75, 3.05) is 52.9 Å². The molecule has 0 bridgehead atoms. The quantitative estimate of drug-likeness (QED) is 0.394. The molecular formula is C20H35N5S. The summed E-state index contributed by atoms with van der Waals surface area (Å²) in [6.07, 6.45) is 7.90. The van der Waals surface area contributed by atoms with Gasteiger partial charge >= 0.3 is 0 Å². The second-order valence-corrected chi connectivity index (χ2v) is 8.39. The van der Waals surface area contributed by atoms with Gasteiger partial charge in [-0.25, -0.2) is 0 Å². The van der Waals surface area contributed by atoms with Gasteiger partial charge in [-0.05, 0) is 82.7 Å². The summed E-state index contributed by atoms with van der Waals surface area (Å²) in [5.41, 5.74) is 0. The van der Waals surface area contributed by atoms with Gasteiger partial charge in [0, 0.05) is 25.0 Å². The maximum atomic E-state index is 4.41. The zero-order valence-corrected chi connectivity index (χ0v) is 17.1. The van der Waals surface area contributed by atoms with Crippen LogP contribution >= 0.6 is 11.3 Å². The molecule has 1 atom stereocenters. The number of thiophene rings is 1. The van der Waals surface area contributed by atoms with Crippen LogP contribution in [0.5, 0.6) is 0 Å². The zero-order chi connectivity index (χ0) is 18.0. The topological polar surface area (TPSA) is 42.9 Å². The summed E-state index contributed by atoms with van der Waals surface area (Å²) >= 11 is 1.87. The van der Waals surface area contributed by atoms with Crippen LogP contribution in [0.1, 0.15) is 49.4 Å². The molecule has 2 N–H and O–H groups in total. The van der Waals surface area contributed by atoms with Crippen molar-refractivity contribution in [3.8, 4) is 0 Å². The molecule has 2 aliphatic rings. The molecule has 0 saturated carbocycles. The largest absolute Gasteiger partial charge is 0.356 e. The van der Waals surface area contributed by atoms with Crippen LogP contribution in [0.25, 0.3) is 0 Å². The van der Waals surface area contributed by atoms with Crippen molar-refractivity contribution in [3.63, 3.8) is 0 Å². The van der Waals surface area contributed by atoms with E-state index < -0.39 is 0 Å². The van der Waals surface area contributed by atoms with Crippen molar-refractivity contribution in [2.45, 2.75) is 44.6 Å². The van der Waals surface area contributed by atoms with Crippen LogP contribution in [0.15, 0.2) is 22.5 Å². The minimum absolute atomic E-state index is 0.464. The highest BCUT2D eigenvalue weighted by Gasteiger charge is 2.24. The van der Waals surface area contributed by atoms with Crippen molar-refractivity contribution in [3.05, 3.63) is 22.4 Å². The van der Waals surface area contributed by atoms with E-state index in [1.807, 2.05) is 18.4 Å². The molecule has 2 fully saturated rings. The Morgan fingerprint density at radius 2 is 1.88 bits per heavy atom. The van der Waals surface area contributed by atoms with Crippen LogP contribution < -0.4 is 10.6 Å². The SMILES string of the molecule is CN=C(NCCCCN1CCCC1)NCC(c1cccs1)N1CCCC1. The zero-order valence-electron chi connectivity index (χ0n) is 16.3. The van der Waals surface area contributed by atoms with Gasteiger partial charge < -0.3 is 15.5 Å². The van der Waals surface area contributed by atoms with Crippen molar-refractivity contribution < 1.29 is 0 Å². The van der Waals surface area contributed by atoms with Crippen LogP contribution in [0.2, 0.25) is 0 Å². The third-order valence-electron chi connectivity index (χ3n) is 5.53. The van der Waals surface area contributed by atoms with Gasteiger partial charge in [0.15, 0.2) is 5.96 Å². The molecule has 0 spiro atoms. The third-order valence-corrected chi connectivity index (χ3v) is 6.51. The maximum absolute atomic E-state index is 4.41. The summed E-state index contributed by atoms with van der Waals surface area (Å²) < 4.78 is 0. The van der Waals surface area contributed by atoms with Crippen molar-refractivity contribution in [1.29, 1.82) is 0 Å². The molecule has 6 heteroatoms. The Bertz CT molecular complexity index is 518. The lowest BCUT2D eigenvalue weighted by atomic mass is 10.2. The molecule has 0 amide bonds. The van der Waals surface area contributed by atoms with Crippen molar-refractivity contribution in [1.82, 2.24) is 20.4 Å². The van der Waals surface area contributed by atoms with Crippen LogP contribution in [0, 0.1) is 0 Å². The monoisotopic (exact) mass is 377 g/mol. The van der Waals surface area contributed by atoms with Crippen LogP contribution in [0.3, 0.4) is 0 Å². The van der Waals surface area contributed by atoms with E-state index in [-0.39, 0.29) is 0 Å². The predicted octanol–water partition coefficient (Wildman–Crippen LogP) is 2.93. The maximum Gasteiger partial charge on any atom is 0.191 e. The van der Waals surface area contributed by atoms with Crippen molar-refractivity contribution >= 4 is 17.3 Å². The summed E-state index contributed by atoms with van der Waals surface area (Å²) in [6, 6.07) is 4.90. The molecule has 3 rings (SSSR count). The van der Waals surface area contributed by atoms with E-state index >= 15 is 0 Å². The van der Waals surface area contributed by atoms with Gasteiger partial charge in [-0.1, -0.05) is 6.07 Å². The molecule has 1 aromatic heterocycles. The number of aliphatic imine (C=N–C) groups is 1.